The fourth-order valence-electron chi connectivity index (χ4n) is 4.42. The molecular formula is C23H21N3O8. The van der Waals surface area contributed by atoms with Gasteiger partial charge in [-0.05, 0) is 41.8 Å². The van der Waals surface area contributed by atoms with Crippen molar-refractivity contribution in [3.05, 3.63) is 42.0 Å². The van der Waals surface area contributed by atoms with Gasteiger partial charge in [-0.25, -0.2) is 4.79 Å². The number of benzene rings is 2. The summed E-state index contributed by atoms with van der Waals surface area (Å²) in [5.41, 5.74) is 2.35. The Morgan fingerprint density at radius 3 is 2.68 bits per heavy atom. The van der Waals surface area contributed by atoms with Crippen LogP contribution in [0.25, 0.3) is 11.1 Å². The van der Waals surface area contributed by atoms with Crippen LogP contribution in [-0.2, 0) is 19.1 Å². The van der Waals surface area contributed by atoms with E-state index in [0.717, 1.165) is 11.1 Å². The lowest BCUT2D eigenvalue weighted by atomic mass is 10.0. The number of aliphatic carboxylic acids is 1. The largest absolute Gasteiger partial charge is 0.480 e. The van der Waals surface area contributed by atoms with E-state index in [9.17, 15) is 19.2 Å². The third-order valence-electron chi connectivity index (χ3n) is 5.95. The normalized spacial score (nSPS) is 20.3. The Labute approximate surface area is 193 Å². The Morgan fingerprint density at radius 2 is 1.85 bits per heavy atom. The molecule has 3 aliphatic heterocycles. The van der Waals surface area contributed by atoms with Crippen molar-refractivity contribution in [2.75, 3.05) is 31.9 Å². The van der Waals surface area contributed by atoms with Gasteiger partial charge in [0.1, 0.15) is 19.3 Å². The highest BCUT2D eigenvalue weighted by molar-refractivity contribution is 6.11. The molecule has 3 heterocycles. The van der Waals surface area contributed by atoms with Crippen molar-refractivity contribution in [2.45, 2.75) is 18.5 Å². The van der Waals surface area contributed by atoms with Crippen LogP contribution in [0.1, 0.15) is 16.8 Å². The molecule has 2 aromatic rings. The molecule has 11 heteroatoms. The number of anilines is 1. The van der Waals surface area contributed by atoms with Crippen LogP contribution in [0.3, 0.4) is 0 Å². The van der Waals surface area contributed by atoms with Crippen LogP contribution in [0.5, 0.6) is 11.5 Å². The molecule has 0 bridgehead atoms. The summed E-state index contributed by atoms with van der Waals surface area (Å²) in [7, 11) is 0. The first kappa shape index (κ1) is 21.7. The number of carbonyl (C=O) groups is 4. The number of rotatable bonds is 6. The second kappa shape index (κ2) is 8.67. The van der Waals surface area contributed by atoms with E-state index < -0.39 is 43.1 Å². The Kier molecular flexibility index (Phi) is 5.54. The molecule has 0 radical (unpaired) electrons. The molecule has 2 aromatic carbocycles. The van der Waals surface area contributed by atoms with E-state index in [1.54, 1.807) is 24.3 Å². The zero-order valence-corrected chi connectivity index (χ0v) is 17.9. The number of carbonyl (C=O) groups excluding carboxylic acids is 3. The number of nitrogens with zero attached hydrogens (tertiary/aromatic N) is 1. The molecule has 11 nitrogen and oxygen atoms in total. The van der Waals surface area contributed by atoms with Crippen molar-refractivity contribution in [1.82, 2.24) is 10.2 Å². The lowest BCUT2D eigenvalue weighted by Gasteiger charge is -2.24. The highest BCUT2D eigenvalue weighted by Crippen LogP contribution is 2.37. The third kappa shape index (κ3) is 4.01. The van der Waals surface area contributed by atoms with E-state index in [4.69, 9.17) is 19.3 Å². The first-order valence-corrected chi connectivity index (χ1v) is 10.7. The molecule has 0 spiro atoms. The van der Waals surface area contributed by atoms with Crippen LogP contribution in [0.2, 0.25) is 0 Å². The van der Waals surface area contributed by atoms with Crippen molar-refractivity contribution in [1.29, 1.82) is 0 Å². The molecule has 1 fully saturated rings. The van der Waals surface area contributed by atoms with Crippen molar-refractivity contribution in [2.24, 2.45) is 0 Å². The number of hydrogen-bond donors (Lipinski definition) is 3. The Hall–Kier alpha value is -4.12. The standard InChI is InChI=1S/C23H21N3O8/c27-19(9-32-10-20(28)29)24-16-5-6-26-21(16)22(30)25-15-3-1-12(7-14(15)23(26)31)13-2-4-17-18(8-13)34-11-33-17/h1-4,7-8,16,21H,5-6,9-11H2,(H,24,27)(H,25,30)(H,28,29). The summed E-state index contributed by atoms with van der Waals surface area (Å²) in [6.07, 6.45) is 0.381. The average Bonchev–Trinajstić information content (AvgIpc) is 3.42. The number of carboxylic acids is 1. The van der Waals surface area contributed by atoms with E-state index in [2.05, 4.69) is 10.6 Å². The minimum absolute atomic E-state index is 0.160. The average molecular weight is 467 g/mol. The summed E-state index contributed by atoms with van der Waals surface area (Å²) in [4.78, 5) is 50.5. The molecule has 2 unspecified atom stereocenters. The maximum absolute atomic E-state index is 13.4. The molecule has 176 valence electrons. The summed E-state index contributed by atoms with van der Waals surface area (Å²) in [6.45, 7) is -0.614. The maximum Gasteiger partial charge on any atom is 0.329 e. The second-order valence-corrected chi connectivity index (χ2v) is 8.11. The first-order valence-electron chi connectivity index (χ1n) is 10.7. The third-order valence-corrected chi connectivity index (χ3v) is 5.95. The summed E-state index contributed by atoms with van der Waals surface area (Å²) in [6, 6.07) is 9.21. The first-order chi connectivity index (χ1) is 16.4. The van der Waals surface area contributed by atoms with E-state index in [1.165, 1.54) is 4.90 Å². The van der Waals surface area contributed by atoms with Crippen LogP contribution in [0.15, 0.2) is 36.4 Å². The van der Waals surface area contributed by atoms with Gasteiger partial charge in [-0.15, -0.1) is 0 Å². The van der Waals surface area contributed by atoms with Gasteiger partial charge in [0.25, 0.3) is 5.91 Å². The number of amides is 3. The molecule has 0 aliphatic carbocycles. The number of fused-ring (bicyclic) bond motifs is 3. The highest BCUT2D eigenvalue weighted by atomic mass is 16.7. The van der Waals surface area contributed by atoms with Crippen LogP contribution >= 0.6 is 0 Å². The fourth-order valence-corrected chi connectivity index (χ4v) is 4.42. The molecule has 1 saturated heterocycles. The smallest absolute Gasteiger partial charge is 0.329 e. The van der Waals surface area contributed by atoms with Crippen LogP contribution in [-0.4, -0.2) is 72.3 Å². The van der Waals surface area contributed by atoms with Gasteiger partial charge in [-0.2, -0.15) is 0 Å². The Bertz CT molecular complexity index is 1200. The van der Waals surface area contributed by atoms with Gasteiger partial charge in [0.05, 0.1) is 17.3 Å². The van der Waals surface area contributed by atoms with Gasteiger partial charge in [0.15, 0.2) is 11.5 Å². The quantitative estimate of drug-likeness (QED) is 0.567. The minimum Gasteiger partial charge on any atom is -0.480 e. The molecular weight excluding hydrogens is 446 g/mol. The zero-order valence-electron chi connectivity index (χ0n) is 17.9. The lowest BCUT2D eigenvalue weighted by Crippen LogP contribution is -2.52. The van der Waals surface area contributed by atoms with Crippen molar-refractivity contribution >= 4 is 29.4 Å². The monoisotopic (exact) mass is 467 g/mol. The molecule has 5 rings (SSSR count). The summed E-state index contributed by atoms with van der Waals surface area (Å²) >= 11 is 0. The van der Waals surface area contributed by atoms with E-state index in [0.29, 0.717) is 29.2 Å². The van der Waals surface area contributed by atoms with Crippen molar-refractivity contribution in [3.63, 3.8) is 0 Å². The number of ether oxygens (including phenoxy) is 3. The topological polar surface area (TPSA) is 144 Å². The Balaban J connectivity index is 1.36. The van der Waals surface area contributed by atoms with Gasteiger partial charge >= 0.3 is 5.97 Å². The number of hydrogen-bond acceptors (Lipinski definition) is 7. The van der Waals surface area contributed by atoms with Gasteiger partial charge < -0.3 is 34.9 Å². The molecule has 3 aliphatic rings. The van der Waals surface area contributed by atoms with Crippen LogP contribution in [0, 0.1) is 0 Å². The zero-order chi connectivity index (χ0) is 23.8. The van der Waals surface area contributed by atoms with E-state index >= 15 is 0 Å². The highest BCUT2D eigenvalue weighted by Gasteiger charge is 2.45. The van der Waals surface area contributed by atoms with Gasteiger partial charge in [-0.3, -0.25) is 14.4 Å². The Morgan fingerprint density at radius 1 is 1.09 bits per heavy atom. The summed E-state index contributed by atoms with van der Waals surface area (Å²) in [5.74, 6) is -1.19. The van der Waals surface area contributed by atoms with Gasteiger partial charge in [0, 0.05) is 6.54 Å². The van der Waals surface area contributed by atoms with E-state index in [1.807, 2.05) is 12.1 Å². The molecule has 3 amide bonds. The fraction of sp³-hybridized carbons (Fsp3) is 0.304. The molecule has 2 atom stereocenters. The molecule has 3 N–H and O–H groups in total. The van der Waals surface area contributed by atoms with Crippen LogP contribution < -0.4 is 20.1 Å². The summed E-state index contributed by atoms with van der Waals surface area (Å²) < 4.78 is 15.6. The number of nitrogens with one attached hydrogen (secondary N) is 2. The molecule has 34 heavy (non-hydrogen) atoms. The lowest BCUT2D eigenvalue weighted by molar-refractivity contribution is -0.143. The van der Waals surface area contributed by atoms with Crippen molar-refractivity contribution in [3.8, 4) is 22.6 Å². The molecule has 0 aromatic heterocycles. The predicted molar refractivity (Wildman–Crippen MR) is 116 cm³/mol. The molecule has 0 saturated carbocycles. The maximum atomic E-state index is 13.4. The van der Waals surface area contributed by atoms with Crippen molar-refractivity contribution < 1.29 is 38.5 Å². The van der Waals surface area contributed by atoms with E-state index in [-0.39, 0.29) is 19.2 Å². The summed E-state index contributed by atoms with van der Waals surface area (Å²) in [5, 5.41) is 14.1. The second-order valence-electron chi connectivity index (χ2n) is 8.11. The number of carboxylic acid groups (broad SMARTS) is 1. The minimum atomic E-state index is -1.19. The van der Waals surface area contributed by atoms with Gasteiger partial charge in [0.2, 0.25) is 18.6 Å². The SMILES string of the molecule is O=C(O)COCC(=O)NC1CCN2C(=O)c3cc(-c4ccc5c(c4)OCO5)ccc3NC(=O)C12. The predicted octanol–water partition coefficient (Wildman–Crippen LogP) is 0.835. The van der Waals surface area contributed by atoms with Crippen LogP contribution in [0.4, 0.5) is 5.69 Å². The van der Waals surface area contributed by atoms with Gasteiger partial charge in [-0.1, -0.05) is 12.1 Å².